The Kier molecular flexibility index (Phi) is 10.5. The molecule has 3 aromatic rings. The summed E-state index contributed by atoms with van der Waals surface area (Å²) in [5, 5.41) is 3.05. The van der Waals surface area contributed by atoms with Crippen LogP contribution in [0.4, 0.5) is 0 Å². The molecule has 0 radical (unpaired) electrons. The molecule has 0 spiro atoms. The first kappa shape index (κ1) is 29.5. The summed E-state index contributed by atoms with van der Waals surface area (Å²) in [6.45, 7) is 2.98. The highest BCUT2D eigenvalue weighted by Crippen LogP contribution is 2.26. The minimum Gasteiger partial charge on any atom is -0.354 e. The van der Waals surface area contributed by atoms with Crippen molar-refractivity contribution in [3.05, 3.63) is 102 Å². The first-order valence-corrected chi connectivity index (χ1v) is 15.6. The molecule has 4 rings (SSSR count). The zero-order valence-corrected chi connectivity index (χ0v) is 23.9. The van der Waals surface area contributed by atoms with Crippen LogP contribution in [0.2, 0.25) is 0 Å². The van der Waals surface area contributed by atoms with E-state index in [1.807, 2.05) is 60.7 Å². The second-order valence-corrected chi connectivity index (χ2v) is 12.1. The smallest absolute Gasteiger partial charge is 0.247 e. The number of benzene rings is 3. The molecule has 40 heavy (non-hydrogen) atoms. The van der Waals surface area contributed by atoms with Crippen molar-refractivity contribution in [2.75, 3.05) is 6.54 Å². The Morgan fingerprint density at radius 2 is 1.52 bits per heavy atom. The number of amides is 2. The van der Waals surface area contributed by atoms with Crippen LogP contribution in [-0.4, -0.2) is 37.7 Å². The van der Waals surface area contributed by atoms with Gasteiger partial charge in [-0.25, -0.2) is 13.1 Å². The molecule has 1 unspecified atom stereocenters. The van der Waals surface area contributed by atoms with Gasteiger partial charge in [0, 0.05) is 25.6 Å². The van der Waals surface area contributed by atoms with Crippen LogP contribution >= 0.6 is 0 Å². The predicted molar refractivity (Wildman–Crippen MR) is 157 cm³/mol. The second-order valence-electron chi connectivity index (χ2n) is 10.4. The van der Waals surface area contributed by atoms with Crippen LogP contribution in [-0.2, 0) is 32.6 Å². The van der Waals surface area contributed by atoms with Gasteiger partial charge in [-0.1, -0.05) is 92.6 Å². The summed E-state index contributed by atoms with van der Waals surface area (Å²) in [5.74, 6) is -0.335. The molecule has 0 aliphatic heterocycles. The molecule has 1 aliphatic carbocycles. The van der Waals surface area contributed by atoms with Crippen LogP contribution in [0.5, 0.6) is 0 Å². The molecule has 212 valence electrons. The fourth-order valence-electron chi connectivity index (χ4n) is 4.61. The van der Waals surface area contributed by atoms with Crippen molar-refractivity contribution in [2.45, 2.75) is 75.4 Å². The Morgan fingerprint density at radius 3 is 2.15 bits per heavy atom. The Labute approximate surface area is 238 Å². The summed E-state index contributed by atoms with van der Waals surface area (Å²) in [5.41, 5.74) is 2.56. The molecule has 1 atom stereocenters. The van der Waals surface area contributed by atoms with Gasteiger partial charge in [-0.15, -0.1) is 0 Å². The molecular weight excluding hydrogens is 522 g/mol. The van der Waals surface area contributed by atoms with E-state index in [4.69, 9.17) is 0 Å². The fraction of sp³-hybridized carbons (Fsp3) is 0.375. The van der Waals surface area contributed by atoms with Gasteiger partial charge in [0.2, 0.25) is 21.8 Å². The number of carbonyl (C=O) groups excluding carboxylic acids is 2. The van der Waals surface area contributed by atoms with Crippen molar-refractivity contribution in [2.24, 2.45) is 0 Å². The molecule has 1 aliphatic rings. The minimum atomic E-state index is -3.53. The lowest BCUT2D eigenvalue weighted by molar-refractivity contribution is -0.141. The lowest BCUT2D eigenvalue weighted by Gasteiger charge is -2.32. The number of aryl methyl sites for hydroxylation is 1. The Balaban J connectivity index is 1.52. The molecule has 2 amide bonds. The molecule has 1 fully saturated rings. The van der Waals surface area contributed by atoms with E-state index >= 15 is 0 Å². The Hall–Kier alpha value is -3.49. The second kappa shape index (κ2) is 14.2. The lowest BCUT2D eigenvalue weighted by atomic mass is 10.0. The maximum atomic E-state index is 13.8. The maximum absolute atomic E-state index is 13.8. The molecule has 0 saturated heterocycles. The van der Waals surface area contributed by atoms with Gasteiger partial charge in [-0.2, -0.15) is 0 Å². The number of unbranched alkanes of at least 4 members (excludes halogenated alkanes) is 2. The summed E-state index contributed by atoms with van der Waals surface area (Å²) in [6.07, 6.45) is 5.34. The molecule has 0 bridgehead atoms. The van der Waals surface area contributed by atoms with Gasteiger partial charge >= 0.3 is 0 Å². The Morgan fingerprint density at radius 1 is 0.875 bits per heavy atom. The number of nitrogens with one attached hydrogen (secondary N) is 2. The van der Waals surface area contributed by atoms with E-state index in [0.29, 0.717) is 19.5 Å². The summed E-state index contributed by atoms with van der Waals surface area (Å²) < 4.78 is 27.7. The highest BCUT2D eigenvalue weighted by molar-refractivity contribution is 7.89. The molecule has 2 N–H and O–H groups in total. The molecule has 0 heterocycles. The Bertz CT molecular complexity index is 1340. The number of carbonyl (C=O) groups is 2. The summed E-state index contributed by atoms with van der Waals surface area (Å²) in [7, 11) is -3.53. The molecule has 7 nitrogen and oxygen atoms in total. The SMILES string of the molecule is CCCCCNC(=O)C(c1ccccc1)N(Cc1ccccc1)C(=O)CCc1ccc(S(=O)(=O)NC2CC2)cc1. The third-order valence-electron chi connectivity index (χ3n) is 7.03. The number of hydrogen-bond donors (Lipinski definition) is 2. The van der Waals surface area contributed by atoms with E-state index < -0.39 is 16.1 Å². The molecular formula is C32H39N3O4S. The van der Waals surface area contributed by atoms with Gasteiger partial charge in [-0.3, -0.25) is 9.59 Å². The van der Waals surface area contributed by atoms with Gasteiger partial charge < -0.3 is 10.2 Å². The van der Waals surface area contributed by atoms with Crippen LogP contribution in [0.3, 0.4) is 0 Å². The highest BCUT2D eigenvalue weighted by atomic mass is 32.2. The van der Waals surface area contributed by atoms with Gasteiger partial charge in [0.05, 0.1) is 4.90 Å². The monoisotopic (exact) mass is 561 g/mol. The number of nitrogens with zero attached hydrogens (tertiary/aromatic N) is 1. The van der Waals surface area contributed by atoms with E-state index in [-0.39, 0.29) is 29.2 Å². The van der Waals surface area contributed by atoms with E-state index in [1.54, 1.807) is 29.2 Å². The first-order valence-electron chi connectivity index (χ1n) is 14.1. The summed E-state index contributed by atoms with van der Waals surface area (Å²) in [4.78, 5) is 29.3. The fourth-order valence-corrected chi connectivity index (χ4v) is 5.92. The van der Waals surface area contributed by atoms with Crippen LogP contribution in [0, 0.1) is 0 Å². The van der Waals surface area contributed by atoms with E-state index in [1.165, 1.54) is 0 Å². The molecule has 0 aromatic heterocycles. The third-order valence-corrected chi connectivity index (χ3v) is 8.57. The van der Waals surface area contributed by atoms with Gasteiger partial charge in [0.15, 0.2) is 0 Å². The average Bonchev–Trinajstić information content (AvgIpc) is 3.78. The molecule has 8 heteroatoms. The zero-order valence-electron chi connectivity index (χ0n) is 23.1. The topological polar surface area (TPSA) is 95.6 Å². The minimum absolute atomic E-state index is 0.0410. The maximum Gasteiger partial charge on any atom is 0.247 e. The lowest BCUT2D eigenvalue weighted by Crippen LogP contribution is -2.43. The van der Waals surface area contributed by atoms with Crippen LogP contribution in [0.15, 0.2) is 89.8 Å². The van der Waals surface area contributed by atoms with Crippen molar-refractivity contribution in [1.82, 2.24) is 14.9 Å². The van der Waals surface area contributed by atoms with Crippen LogP contribution < -0.4 is 10.0 Å². The van der Waals surface area contributed by atoms with Crippen LogP contribution in [0.25, 0.3) is 0 Å². The van der Waals surface area contributed by atoms with Crippen molar-refractivity contribution >= 4 is 21.8 Å². The van der Waals surface area contributed by atoms with Crippen LogP contribution in [0.1, 0.15) is 68.2 Å². The van der Waals surface area contributed by atoms with Crippen molar-refractivity contribution in [3.63, 3.8) is 0 Å². The number of rotatable bonds is 15. The van der Waals surface area contributed by atoms with Gasteiger partial charge in [-0.05, 0) is 54.5 Å². The summed E-state index contributed by atoms with van der Waals surface area (Å²) in [6, 6.07) is 25.1. The van der Waals surface area contributed by atoms with Gasteiger partial charge in [0.25, 0.3) is 0 Å². The number of hydrogen-bond acceptors (Lipinski definition) is 4. The zero-order chi connectivity index (χ0) is 28.4. The van der Waals surface area contributed by atoms with Gasteiger partial charge in [0.1, 0.15) is 6.04 Å². The van der Waals surface area contributed by atoms with Crippen molar-refractivity contribution < 1.29 is 18.0 Å². The number of sulfonamides is 1. The largest absolute Gasteiger partial charge is 0.354 e. The predicted octanol–water partition coefficient (Wildman–Crippen LogP) is 5.14. The van der Waals surface area contributed by atoms with E-state index in [9.17, 15) is 18.0 Å². The van der Waals surface area contributed by atoms with E-state index in [0.717, 1.165) is 48.8 Å². The average molecular weight is 562 g/mol. The van der Waals surface area contributed by atoms with E-state index in [2.05, 4.69) is 17.0 Å². The highest BCUT2D eigenvalue weighted by Gasteiger charge is 2.31. The third kappa shape index (κ3) is 8.50. The molecule has 3 aromatic carbocycles. The summed E-state index contributed by atoms with van der Waals surface area (Å²) >= 11 is 0. The molecule has 1 saturated carbocycles. The van der Waals surface area contributed by atoms with Crippen molar-refractivity contribution in [1.29, 1.82) is 0 Å². The first-order chi connectivity index (χ1) is 19.4. The quantitative estimate of drug-likeness (QED) is 0.251. The standard InChI is InChI=1S/C32H39N3O4S/c1-2-3-10-23-33-32(37)31(27-13-8-5-9-14-27)35(24-26-11-6-4-7-12-26)30(36)22-17-25-15-20-29(21-16-25)40(38,39)34-28-18-19-28/h4-9,11-16,20-21,28,31,34H,2-3,10,17-19,22-24H2,1H3,(H,33,37). The van der Waals surface area contributed by atoms with Crippen molar-refractivity contribution in [3.8, 4) is 0 Å². The normalized spacial score (nSPS) is 13.9.